The normalized spacial score (nSPS) is 13.5. The molecule has 2 aromatic rings. The molecule has 1 amide bonds. The second kappa shape index (κ2) is 6.52. The molecule has 2 aromatic carbocycles. The molecule has 3 rings (SSSR count). The number of nitrogens with one attached hydrogen (secondary N) is 1. The zero-order chi connectivity index (χ0) is 15.4. The van der Waals surface area contributed by atoms with Crippen LogP contribution in [0.2, 0.25) is 0 Å². The molecule has 0 aliphatic carbocycles. The summed E-state index contributed by atoms with van der Waals surface area (Å²) in [7, 11) is 0. The zero-order valence-electron chi connectivity index (χ0n) is 12.5. The maximum absolute atomic E-state index is 12.1. The fourth-order valence-electron chi connectivity index (χ4n) is 2.91. The van der Waals surface area contributed by atoms with Gasteiger partial charge in [-0.25, -0.2) is 0 Å². The molecular weight excluding hydrogens is 276 g/mol. The molecule has 4 heteroatoms. The van der Waals surface area contributed by atoms with E-state index in [2.05, 4.69) is 34.5 Å². The third-order valence-electron chi connectivity index (χ3n) is 4.02. The van der Waals surface area contributed by atoms with Crippen LogP contribution in [-0.4, -0.2) is 30.6 Å². The van der Waals surface area contributed by atoms with Crippen molar-refractivity contribution in [2.75, 3.05) is 24.5 Å². The van der Waals surface area contributed by atoms with Crippen LogP contribution in [0.1, 0.15) is 22.3 Å². The van der Waals surface area contributed by atoms with Gasteiger partial charge in [-0.15, -0.1) is 0 Å². The molecule has 1 heterocycles. The first-order chi connectivity index (χ1) is 10.8. The van der Waals surface area contributed by atoms with Crippen LogP contribution >= 0.6 is 0 Å². The van der Waals surface area contributed by atoms with Crippen LogP contribution in [0.5, 0.6) is 5.75 Å². The Balaban J connectivity index is 1.58. The number of carbonyl (C=O) groups is 1. The fourth-order valence-corrected chi connectivity index (χ4v) is 2.91. The number of phenols is 1. The van der Waals surface area contributed by atoms with E-state index in [-0.39, 0.29) is 11.7 Å². The SMILES string of the molecule is O=C(NCCN1CCCc2ccccc21)c1ccccc1O. The van der Waals surface area contributed by atoms with E-state index >= 15 is 0 Å². The van der Waals surface area contributed by atoms with Gasteiger partial charge in [-0.3, -0.25) is 4.79 Å². The Kier molecular flexibility index (Phi) is 4.28. The Morgan fingerprint density at radius 2 is 1.91 bits per heavy atom. The highest BCUT2D eigenvalue weighted by molar-refractivity contribution is 5.96. The Morgan fingerprint density at radius 3 is 2.77 bits per heavy atom. The number of nitrogens with zero attached hydrogens (tertiary/aromatic N) is 1. The number of rotatable bonds is 4. The topological polar surface area (TPSA) is 52.6 Å². The molecule has 0 spiro atoms. The van der Waals surface area contributed by atoms with E-state index < -0.39 is 0 Å². The van der Waals surface area contributed by atoms with Crippen molar-refractivity contribution in [3.8, 4) is 5.75 Å². The summed E-state index contributed by atoms with van der Waals surface area (Å²) in [6, 6.07) is 15.0. The van der Waals surface area contributed by atoms with Gasteiger partial charge in [0.25, 0.3) is 5.91 Å². The third kappa shape index (κ3) is 3.06. The van der Waals surface area contributed by atoms with Crippen LogP contribution in [0.3, 0.4) is 0 Å². The highest BCUT2D eigenvalue weighted by atomic mass is 16.3. The molecule has 0 saturated carbocycles. The molecule has 0 unspecified atom stereocenters. The zero-order valence-corrected chi connectivity index (χ0v) is 12.5. The second-order valence-corrected chi connectivity index (χ2v) is 5.49. The number of anilines is 1. The Labute approximate surface area is 130 Å². The lowest BCUT2D eigenvalue weighted by Gasteiger charge is -2.31. The van der Waals surface area contributed by atoms with Gasteiger partial charge in [-0.1, -0.05) is 30.3 Å². The van der Waals surface area contributed by atoms with E-state index in [4.69, 9.17) is 0 Å². The van der Waals surface area contributed by atoms with Crippen LogP contribution < -0.4 is 10.2 Å². The monoisotopic (exact) mass is 296 g/mol. The molecule has 0 fully saturated rings. The minimum Gasteiger partial charge on any atom is -0.507 e. The van der Waals surface area contributed by atoms with Gasteiger partial charge in [0.05, 0.1) is 5.56 Å². The van der Waals surface area contributed by atoms with E-state index in [0.717, 1.165) is 25.9 Å². The van der Waals surface area contributed by atoms with E-state index in [9.17, 15) is 9.90 Å². The molecule has 0 bridgehead atoms. The summed E-state index contributed by atoms with van der Waals surface area (Å²) in [6.45, 7) is 2.35. The van der Waals surface area contributed by atoms with E-state index in [1.54, 1.807) is 18.2 Å². The van der Waals surface area contributed by atoms with Gasteiger partial charge in [0.2, 0.25) is 0 Å². The van der Waals surface area contributed by atoms with Crippen molar-refractivity contribution in [2.45, 2.75) is 12.8 Å². The van der Waals surface area contributed by atoms with Gasteiger partial charge in [0, 0.05) is 25.3 Å². The van der Waals surface area contributed by atoms with Crippen LogP contribution in [0.15, 0.2) is 48.5 Å². The maximum Gasteiger partial charge on any atom is 0.255 e. The second-order valence-electron chi connectivity index (χ2n) is 5.49. The lowest BCUT2D eigenvalue weighted by Crippen LogP contribution is -2.37. The van der Waals surface area contributed by atoms with Crippen molar-refractivity contribution in [2.24, 2.45) is 0 Å². The van der Waals surface area contributed by atoms with Gasteiger partial charge >= 0.3 is 0 Å². The quantitative estimate of drug-likeness (QED) is 0.912. The van der Waals surface area contributed by atoms with Crippen molar-refractivity contribution in [1.29, 1.82) is 0 Å². The first kappa shape index (κ1) is 14.4. The number of hydrogen-bond donors (Lipinski definition) is 2. The van der Waals surface area contributed by atoms with Crippen LogP contribution in [0.4, 0.5) is 5.69 Å². The van der Waals surface area contributed by atoms with Crippen molar-refractivity contribution in [1.82, 2.24) is 5.32 Å². The average molecular weight is 296 g/mol. The predicted molar refractivity (Wildman–Crippen MR) is 87.4 cm³/mol. The first-order valence-corrected chi connectivity index (χ1v) is 7.65. The third-order valence-corrected chi connectivity index (χ3v) is 4.02. The lowest BCUT2D eigenvalue weighted by atomic mass is 10.0. The van der Waals surface area contributed by atoms with Crippen molar-refractivity contribution >= 4 is 11.6 Å². The van der Waals surface area contributed by atoms with Crippen LogP contribution in [0.25, 0.3) is 0 Å². The standard InChI is InChI=1S/C18H20N2O2/c21-17-10-4-2-8-15(17)18(22)19-11-13-20-12-5-7-14-6-1-3-9-16(14)20/h1-4,6,8-10,21H,5,7,11-13H2,(H,19,22). The van der Waals surface area contributed by atoms with E-state index in [1.165, 1.54) is 17.3 Å². The van der Waals surface area contributed by atoms with Crippen molar-refractivity contribution in [3.05, 3.63) is 59.7 Å². The molecule has 114 valence electrons. The summed E-state index contributed by atoms with van der Waals surface area (Å²) in [5, 5.41) is 12.6. The summed E-state index contributed by atoms with van der Waals surface area (Å²) in [5.74, 6) is -0.216. The average Bonchev–Trinajstić information content (AvgIpc) is 2.55. The maximum atomic E-state index is 12.1. The lowest BCUT2D eigenvalue weighted by molar-refractivity contribution is 0.0952. The van der Waals surface area contributed by atoms with Crippen molar-refractivity contribution < 1.29 is 9.90 Å². The number of phenolic OH excluding ortho intramolecular Hbond substituents is 1. The van der Waals surface area contributed by atoms with Gasteiger partial charge in [-0.05, 0) is 36.6 Å². The highest BCUT2D eigenvalue weighted by Crippen LogP contribution is 2.26. The molecule has 1 aliphatic rings. The first-order valence-electron chi connectivity index (χ1n) is 7.65. The number of benzene rings is 2. The number of fused-ring (bicyclic) bond motifs is 1. The number of hydrogen-bond acceptors (Lipinski definition) is 3. The molecule has 2 N–H and O–H groups in total. The number of carbonyl (C=O) groups excluding carboxylic acids is 1. The largest absolute Gasteiger partial charge is 0.507 e. The number of amides is 1. The summed E-state index contributed by atoms with van der Waals surface area (Å²) >= 11 is 0. The van der Waals surface area contributed by atoms with Gasteiger partial charge in [0.1, 0.15) is 5.75 Å². The van der Waals surface area contributed by atoms with Crippen LogP contribution in [-0.2, 0) is 6.42 Å². The summed E-state index contributed by atoms with van der Waals surface area (Å²) in [5.41, 5.74) is 2.97. The molecular formula is C18H20N2O2. The summed E-state index contributed by atoms with van der Waals surface area (Å²) < 4.78 is 0. The Hall–Kier alpha value is -2.49. The van der Waals surface area contributed by atoms with Gasteiger partial charge in [0.15, 0.2) is 0 Å². The highest BCUT2D eigenvalue weighted by Gasteiger charge is 2.16. The van der Waals surface area contributed by atoms with E-state index in [0.29, 0.717) is 12.1 Å². The molecule has 22 heavy (non-hydrogen) atoms. The minimum absolute atomic E-state index is 0.0170. The smallest absolute Gasteiger partial charge is 0.255 e. The van der Waals surface area contributed by atoms with Crippen LogP contribution in [0, 0.1) is 0 Å². The van der Waals surface area contributed by atoms with Gasteiger partial charge < -0.3 is 15.3 Å². The molecule has 0 radical (unpaired) electrons. The predicted octanol–water partition coefficient (Wildman–Crippen LogP) is 2.57. The van der Waals surface area contributed by atoms with Crippen molar-refractivity contribution in [3.63, 3.8) is 0 Å². The molecule has 4 nitrogen and oxygen atoms in total. The summed E-state index contributed by atoms with van der Waals surface area (Å²) in [4.78, 5) is 14.4. The van der Waals surface area contributed by atoms with Gasteiger partial charge in [-0.2, -0.15) is 0 Å². The Bertz CT molecular complexity index is 670. The molecule has 0 atom stereocenters. The fraction of sp³-hybridized carbons (Fsp3) is 0.278. The molecule has 0 aromatic heterocycles. The Morgan fingerprint density at radius 1 is 1.14 bits per heavy atom. The number of para-hydroxylation sites is 2. The molecule has 1 aliphatic heterocycles. The molecule has 0 saturated heterocycles. The van der Waals surface area contributed by atoms with E-state index in [1.807, 2.05) is 0 Å². The number of aromatic hydroxyl groups is 1. The number of aryl methyl sites for hydroxylation is 1. The summed E-state index contributed by atoms with van der Waals surface area (Å²) in [6.07, 6.45) is 2.27. The minimum atomic E-state index is -0.233.